The average molecular weight is 621 g/mol. The van der Waals surface area contributed by atoms with Crippen molar-refractivity contribution in [3.63, 3.8) is 0 Å². The van der Waals surface area contributed by atoms with Gasteiger partial charge in [0.2, 0.25) is 0 Å². The zero-order valence-electron chi connectivity index (χ0n) is 21.5. The Labute approximate surface area is 239 Å². The second-order valence-electron chi connectivity index (χ2n) is 9.82. The predicted octanol–water partition coefficient (Wildman–Crippen LogP) is 7.16. The van der Waals surface area contributed by atoms with Crippen molar-refractivity contribution in [1.29, 1.82) is 0 Å². The van der Waals surface area contributed by atoms with E-state index in [9.17, 15) is 0 Å². The fourth-order valence-corrected chi connectivity index (χ4v) is 11.7. The maximum atomic E-state index is 2.38. The molecule has 5 aromatic carbocycles. The third kappa shape index (κ3) is 5.37. The van der Waals surface area contributed by atoms with Gasteiger partial charge in [0.25, 0.3) is 0 Å². The predicted molar refractivity (Wildman–Crippen MR) is 164 cm³/mol. The van der Waals surface area contributed by atoms with Gasteiger partial charge in [0.15, 0.2) is 0 Å². The Hall–Kier alpha value is -3.12. The van der Waals surface area contributed by atoms with E-state index in [4.69, 9.17) is 0 Å². The first-order chi connectivity index (χ1) is 18.7. The first-order valence-electron chi connectivity index (χ1n) is 13.1. The second kappa shape index (κ2) is 11.3. The number of allylic oxidation sites excluding steroid dienone is 1. The zero-order chi connectivity index (χ0) is 25.8. The zero-order valence-corrected chi connectivity index (χ0v) is 24.9. The molecule has 1 saturated carbocycles. The number of aryl methyl sites for hydroxylation is 1. The van der Waals surface area contributed by atoms with Crippen LogP contribution in [-0.4, -0.2) is 29.9 Å². The van der Waals surface area contributed by atoms with Gasteiger partial charge in [0.1, 0.15) is 0 Å². The second-order valence-corrected chi connectivity index (χ2v) is 15.0. The Morgan fingerprint density at radius 2 is 1.05 bits per heavy atom. The summed E-state index contributed by atoms with van der Waals surface area (Å²) in [5.74, 6) is 0.534. The van der Waals surface area contributed by atoms with E-state index in [1.807, 2.05) is 0 Å². The van der Waals surface area contributed by atoms with Crippen LogP contribution < -0.4 is 8.92 Å². The summed E-state index contributed by atoms with van der Waals surface area (Å²) in [4.78, 5) is 0. The fraction of sp³-hybridized carbons (Fsp3) is 0.111. The molecule has 38 heavy (non-hydrogen) atoms. The molecule has 0 amide bonds. The molecule has 0 nitrogen and oxygen atoms in total. The molecular formula is C36H30Se2. The Balaban J connectivity index is 1.60. The van der Waals surface area contributed by atoms with Crippen LogP contribution in [0.5, 0.6) is 0 Å². The number of hydrogen-bond acceptors (Lipinski definition) is 0. The quantitative estimate of drug-likeness (QED) is 0.162. The first-order valence-corrected chi connectivity index (χ1v) is 16.5. The monoisotopic (exact) mass is 622 g/mol. The van der Waals surface area contributed by atoms with Gasteiger partial charge in [-0.2, -0.15) is 0 Å². The van der Waals surface area contributed by atoms with Gasteiger partial charge >= 0.3 is 240 Å². The number of benzene rings is 5. The summed E-state index contributed by atoms with van der Waals surface area (Å²) >= 11 is 0.489. The molecule has 0 spiro atoms. The molecule has 0 N–H and O–H groups in total. The van der Waals surface area contributed by atoms with Crippen molar-refractivity contribution < 1.29 is 0 Å². The van der Waals surface area contributed by atoms with Gasteiger partial charge in [0, 0.05) is 0 Å². The summed E-state index contributed by atoms with van der Waals surface area (Å²) < 4.78 is 4.71. The van der Waals surface area contributed by atoms with Crippen molar-refractivity contribution >= 4 is 44.4 Å². The molecule has 0 radical (unpaired) electrons. The number of rotatable bonds is 8. The molecule has 1 aliphatic rings. The van der Waals surface area contributed by atoms with Gasteiger partial charge in [-0.25, -0.2) is 0 Å². The Bertz CT molecular complexity index is 1470. The SMILES string of the molecule is Cc1ccc([C@H]2C[C@@]2([Se]c2ccccc2)C([Se]c2ccccc2)=C(c2ccccc2)c2ccccc2)cc1. The van der Waals surface area contributed by atoms with E-state index < -0.39 is 0 Å². The van der Waals surface area contributed by atoms with Crippen molar-refractivity contribution in [2.75, 3.05) is 0 Å². The van der Waals surface area contributed by atoms with Crippen LogP contribution in [0.2, 0.25) is 4.31 Å². The minimum atomic E-state index is 0.139. The summed E-state index contributed by atoms with van der Waals surface area (Å²) in [6.07, 6.45) is 1.21. The third-order valence-electron chi connectivity index (χ3n) is 7.13. The number of hydrogen-bond donors (Lipinski definition) is 0. The van der Waals surface area contributed by atoms with Crippen molar-refractivity contribution in [3.8, 4) is 0 Å². The molecule has 0 aliphatic heterocycles. The summed E-state index contributed by atoms with van der Waals surface area (Å²) in [6, 6.07) is 53.9. The van der Waals surface area contributed by atoms with Crippen LogP contribution in [0.1, 0.15) is 34.6 Å². The van der Waals surface area contributed by atoms with Gasteiger partial charge in [-0.1, -0.05) is 0 Å². The molecule has 1 aliphatic carbocycles. The summed E-state index contributed by atoms with van der Waals surface area (Å²) in [6.45, 7) is 2.19. The topological polar surface area (TPSA) is 0 Å². The molecule has 1 fully saturated rings. The molecule has 0 bridgehead atoms. The summed E-state index contributed by atoms with van der Waals surface area (Å²) in [5.41, 5.74) is 6.89. The van der Waals surface area contributed by atoms with Crippen LogP contribution in [-0.2, 0) is 0 Å². The third-order valence-corrected chi connectivity index (χ3v) is 13.7. The molecule has 0 saturated heterocycles. The van der Waals surface area contributed by atoms with Gasteiger partial charge in [-0.15, -0.1) is 0 Å². The Morgan fingerprint density at radius 1 is 0.579 bits per heavy atom. The summed E-state index contributed by atoms with van der Waals surface area (Å²) in [7, 11) is 0. The van der Waals surface area contributed by atoms with Gasteiger partial charge in [-0.05, 0) is 0 Å². The van der Waals surface area contributed by atoms with Crippen LogP contribution in [0.15, 0.2) is 150 Å². The Morgan fingerprint density at radius 3 is 1.58 bits per heavy atom. The first kappa shape index (κ1) is 25.2. The van der Waals surface area contributed by atoms with Crippen molar-refractivity contribution in [1.82, 2.24) is 0 Å². The van der Waals surface area contributed by atoms with E-state index in [1.165, 1.54) is 43.2 Å². The van der Waals surface area contributed by atoms with E-state index in [-0.39, 0.29) is 19.3 Å². The molecule has 186 valence electrons. The van der Waals surface area contributed by atoms with E-state index in [1.54, 1.807) is 4.47 Å². The van der Waals surface area contributed by atoms with Crippen LogP contribution >= 0.6 is 0 Å². The van der Waals surface area contributed by atoms with E-state index >= 15 is 0 Å². The molecule has 2 heteroatoms. The molecular weight excluding hydrogens is 590 g/mol. The molecule has 6 rings (SSSR count). The van der Waals surface area contributed by atoms with Crippen molar-refractivity contribution in [2.45, 2.75) is 23.6 Å². The standard InChI is InChI=1S/C36H30Se2/c1-27-22-24-28(25-23-27)33-26-36(33,38-32-20-12-5-13-21-32)35(37-31-18-10-4-11-19-31)34(29-14-6-2-7-15-29)30-16-8-3-9-17-30/h2-25,33H,26H2,1H3/t33-,36+/m1/s1. The van der Waals surface area contributed by atoms with E-state index in [0.29, 0.717) is 20.9 Å². The molecule has 5 aromatic rings. The fourth-order valence-electron chi connectivity index (χ4n) is 5.13. The molecule has 0 unspecified atom stereocenters. The van der Waals surface area contributed by atoms with Crippen molar-refractivity contribution in [3.05, 3.63) is 172 Å². The molecule has 0 aromatic heterocycles. The Kier molecular flexibility index (Phi) is 7.50. The van der Waals surface area contributed by atoms with Gasteiger partial charge in [0.05, 0.1) is 0 Å². The normalized spacial score (nSPS) is 18.1. The van der Waals surface area contributed by atoms with Gasteiger partial charge in [-0.3, -0.25) is 0 Å². The molecule has 0 heterocycles. The van der Waals surface area contributed by atoms with Crippen LogP contribution in [0.3, 0.4) is 0 Å². The van der Waals surface area contributed by atoms with Crippen LogP contribution in [0.25, 0.3) is 5.57 Å². The van der Waals surface area contributed by atoms with Gasteiger partial charge < -0.3 is 0 Å². The maximum absolute atomic E-state index is 2.38. The average Bonchev–Trinajstić information content (AvgIpc) is 3.70. The van der Waals surface area contributed by atoms with Crippen LogP contribution in [0, 0.1) is 6.92 Å². The van der Waals surface area contributed by atoms with Crippen LogP contribution in [0.4, 0.5) is 0 Å². The minimum absolute atomic E-state index is 0.139. The van der Waals surface area contributed by atoms with E-state index in [0.717, 1.165) is 0 Å². The van der Waals surface area contributed by atoms with E-state index in [2.05, 4.69) is 153 Å². The molecule has 2 atom stereocenters. The van der Waals surface area contributed by atoms with Crippen molar-refractivity contribution in [2.24, 2.45) is 0 Å². The summed E-state index contributed by atoms with van der Waals surface area (Å²) in [5, 5.41) is 0.